The summed E-state index contributed by atoms with van der Waals surface area (Å²) in [6, 6.07) is 5.66. The van der Waals surface area contributed by atoms with E-state index in [0.29, 0.717) is 16.6 Å². The van der Waals surface area contributed by atoms with E-state index in [0.717, 1.165) is 31.5 Å². The van der Waals surface area contributed by atoms with Crippen molar-refractivity contribution in [2.45, 2.75) is 18.8 Å². The van der Waals surface area contributed by atoms with E-state index >= 15 is 0 Å². The molecule has 2 rings (SSSR count). The normalized spacial score (nSPS) is 23.2. The summed E-state index contributed by atoms with van der Waals surface area (Å²) < 4.78 is 28.0. The standard InChI is InChI=1S/C14H21Cl2N3O2S/c1-17-22(20,21)19-9-11-8-18-6-2-3-12(11)10-4-5-13(15)14(16)7-10/h4-5,7,11-12,17-19H,2-3,6,8-9H2,1H3. The Hall–Kier alpha value is -0.370. The van der Waals surface area contributed by atoms with Gasteiger partial charge < -0.3 is 5.32 Å². The fourth-order valence-electron chi connectivity index (χ4n) is 2.80. The Labute approximate surface area is 141 Å². The molecule has 0 aromatic heterocycles. The summed E-state index contributed by atoms with van der Waals surface area (Å²) in [5, 5.41) is 4.43. The predicted molar refractivity (Wildman–Crippen MR) is 90.8 cm³/mol. The van der Waals surface area contributed by atoms with Gasteiger partial charge in [0.05, 0.1) is 10.0 Å². The lowest BCUT2D eigenvalue weighted by Crippen LogP contribution is -2.40. The van der Waals surface area contributed by atoms with Crippen LogP contribution in [0.3, 0.4) is 0 Å². The largest absolute Gasteiger partial charge is 0.316 e. The lowest BCUT2D eigenvalue weighted by atomic mass is 9.83. The molecule has 0 amide bonds. The van der Waals surface area contributed by atoms with E-state index in [1.165, 1.54) is 7.05 Å². The molecule has 1 heterocycles. The first kappa shape index (κ1) is 18.0. The molecular weight excluding hydrogens is 345 g/mol. The van der Waals surface area contributed by atoms with E-state index in [4.69, 9.17) is 23.2 Å². The Morgan fingerprint density at radius 1 is 1.32 bits per heavy atom. The molecule has 1 aliphatic heterocycles. The van der Waals surface area contributed by atoms with E-state index in [2.05, 4.69) is 14.8 Å². The van der Waals surface area contributed by atoms with Gasteiger partial charge in [-0.2, -0.15) is 8.42 Å². The number of rotatable bonds is 5. The molecular formula is C14H21Cl2N3O2S. The molecule has 5 nitrogen and oxygen atoms in total. The average molecular weight is 366 g/mol. The van der Waals surface area contributed by atoms with Gasteiger partial charge in [-0.05, 0) is 55.5 Å². The minimum absolute atomic E-state index is 0.155. The van der Waals surface area contributed by atoms with Crippen LogP contribution >= 0.6 is 23.2 Å². The van der Waals surface area contributed by atoms with Crippen LogP contribution in [0.1, 0.15) is 24.3 Å². The highest BCUT2D eigenvalue weighted by Gasteiger charge is 2.26. The highest BCUT2D eigenvalue weighted by Crippen LogP contribution is 2.34. The minimum atomic E-state index is -3.43. The van der Waals surface area contributed by atoms with Crippen molar-refractivity contribution in [1.82, 2.24) is 14.8 Å². The van der Waals surface area contributed by atoms with Crippen LogP contribution in [0.4, 0.5) is 0 Å². The fourth-order valence-corrected chi connectivity index (χ4v) is 3.68. The van der Waals surface area contributed by atoms with Gasteiger partial charge in [0.1, 0.15) is 0 Å². The number of hydrogen-bond donors (Lipinski definition) is 3. The molecule has 1 aromatic rings. The first-order chi connectivity index (χ1) is 10.4. The van der Waals surface area contributed by atoms with Gasteiger partial charge in [-0.25, -0.2) is 9.44 Å². The predicted octanol–water partition coefficient (Wildman–Crippen LogP) is 2.13. The first-order valence-electron chi connectivity index (χ1n) is 7.26. The molecule has 0 bridgehead atoms. The number of hydrogen-bond acceptors (Lipinski definition) is 3. The van der Waals surface area contributed by atoms with Crippen molar-refractivity contribution in [3.63, 3.8) is 0 Å². The van der Waals surface area contributed by atoms with E-state index in [-0.39, 0.29) is 11.8 Å². The Bertz CT molecular complexity index is 610. The third-order valence-corrected chi connectivity index (χ3v) is 5.84. The maximum Gasteiger partial charge on any atom is 0.276 e. The Morgan fingerprint density at radius 2 is 2.09 bits per heavy atom. The molecule has 2 unspecified atom stereocenters. The molecule has 1 aromatic carbocycles. The van der Waals surface area contributed by atoms with Gasteiger partial charge in [-0.1, -0.05) is 29.3 Å². The van der Waals surface area contributed by atoms with Crippen LogP contribution in [0, 0.1) is 5.92 Å². The van der Waals surface area contributed by atoms with Gasteiger partial charge in [0.2, 0.25) is 0 Å². The summed E-state index contributed by atoms with van der Waals surface area (Å²) in [6.07, 6.45) is 2.02. The summed E-state index contributed by atoms with van der Waals surface area (Å²) >= 11 is 12.1. The molecule has 22 heavy (non-hydrogen) atoms. The quantitative estimate of drug-likeness (QED) is 0.748. The molecule has 1 saturated heterocycles. The second kappa shape index (κ2) is 7.95. The second-order valence-corrected chi connectivity index (χ2v) is 7.96. The number of benzene rings is 1. The first-order valence-corrected chi connectivity index (χ1v) is 9.50. The zero-order valence-electron chi connectivity index (χ0n) is 12.4. The van der Waals surface area contributed by atoms with Crippen LogP contribution in [0.15, 0.2) is 18.2 Å². The van der Waals surface area contributed by atoms with Crippen LogP contribution < -0.4 is 14.8 Å². The van der Waals surface area contributed by atoms with Crippen molar-refractivity contribution < 1.29 is 8.42 Å². The van der Waals surface area contributed by atoms with Gasteiger partial charge in [-0.15, -0.1) is 0 Å². The Balaban J connectivity index is 2.18. The summed E-state index contributed by atoms with van der Waals surface area (Å²) in [5.41, 5.74) is 1.10. The van der Waals surface area contributed by atoms with Crippen LogP contribution in [0.5, 0.6) is 0 Å². The highest BCUT2D eigenvalue weighted by atomic mass is 35.5. The van der Waals surface area contributed by atoms with E-state index in [9.17, 15) is 8.42 Å². The molecule has 1 fully saturated rings. The van der Waals surface area contributed by atoms with Crippen molar-refractivity contribution in [2.24, 2.45) is 5.92 Å². The maximum atomic E-state index is 11.6. The van der Waals surface area contributed by atoms with Crippen LogP contribution in [-0.2, 0) is 10.2 Å². The molecule has 0 spiro atoms. The van der Waals surface area contributed by atoms with Crippen molar-refractivity contribution in [3.8, 4) is 0 Å². The molecule has 0 radical (unpaired) electrons. The van der Waals surface area contributed by atoms with Crippen LogP contribution in [-0.4, -0.2) is 35.1 Å². The Morgan fingerprint density at radius 3 is 2.77 bits per heavy atom. The van der Waals surface area contributed by atoms with Crippen molar-refractivity contribution in [1.29, 1.82) is 0 Å². The SMILES string of the molecule is CNS(=O)(=O)NCC1CNCCCC1c1ccc(Cl)c(Cl)c1. The van der Waals surface area contributed by atoms with Crippen LogP contribution in [0.2, 0.25) is 10.0 Å². The molecule has 0 saturated carbocycles. The van der Waals surface area contributed by atoms with Crippen LogP contribution in [0.25, 0.3) is 0 Å². The lowest BCUT2D eigenvalue weighted by molar-refractivity contribution is 0.411. The molecule has 124 valence electrons. The lowest BCUT2D eigenvalue weighted by Gasteiger charge is -2.26. The monoisotopic (exact) mass is 365 g/mol. The van der Waals surface area contributed by atoms with Gasteiger partial charge in [-0.3, -0.25) is 0 Å². The maximum absolute atomic E-state index is 11.6. The molecule has 1 aliphatic rings. The van der Waals surface area contributed by atoms with Crippen molar-refractivity contribution in [3.05, 3.63) is 33.8 Å². The third-order valence-electron chi connectivity index (χ3n) is 4.02. The fraction of sp³-hybridized carbons (Fsp3) is 0.571. The summed E-state index contributed by atoms with van der Waals surface area (Å²) in [7, 11) is -2.03. The van der Waals surface area contributed by atoms with Gasteiger partial charge in [0.15, 0.2) is 0 Å². The summed E-state index contributed by atoms with van der Waals surface area (Å²) in [6.45, 7) is 2.07. The average Bonchev–Trinajstić information content (AvgIpc) is 2.73. The zero-order chi connectivity index (χ0) is 16.2. The molecule has 0 aliphatic carbocycles. The van der Waals surface area contributed by atoms with Gasteiger partial charge in [0.25, 0.3) is 10.2 Å². The highest BCUT2D eigenvalue weighted by molar-refractivity contribution is 7.87. The van der Waals surface area contributed by atoms with Gasteiger partial charge in [0, 0.05) is 13.6 Å². The van der Waals surface area contributed by atoms with E-state index < -0.39 is 10.2 Å². The van der Waals surface area contributed by atoms with E-state index in [1.807, 2.05) is 12.1 Å². The Kier molecular flexibility index (Phi) is 6.49. The zero-order valence-corrected chi connectivity index (χ0v) is 14.7. The number of halogens is 2. The third kappa shape index (κ3) is 4.81. The second-order valence-electron chi connectivity index (χ2n) is 5.44. The number of nitrogens with one attached hydrogen (secondary N) is 3. The smallest absolute Gasteiger partial charge is 0.276 e. The van der Waals surface area contributed by atoms with Crippen molar-refractivity contribution >= 4 is 33.4 Å². The van der Waals surface area contributed by atoms with Crippen molar-refractivity contribution in [2.75, 3.05) is 26.7 Å². The summed E-state index contributed by atoms with van der Waals surface area (Å²) in [4.78, 5) is 0. The van der Waals surface area contributed by atoms with E-state index in [1.54, 1.807) is 6.07 Å². The molecule has 3 N–H and O–H groups in total. The molecule has 2 atom stereocenters. The van der Waals surface area contributed by atoms with Gasteiger partial charge >= 0.3 is 0 Å². The topological polar surface area (TPSA) is 70.2 Å². The minimum Gasteiger partial charge on any atom is -0.316 e. The molecule has 8 heteroatoms. The summed E-state index contributed by atoms with van der Waals surface area (Å²) in [5.74, 6) is 0.396.